The number of rotatable bonds is 5. The predicted octanol–water partition coefficient (Wildman–Crippen LogP) is 0.503. The number of nitrogens with zero attached hydrogens (tertiary/aromatic N) is 2. The number of nitrogens with two attached hydrogens (primary N) is 1. The second-order valence-corrected chi connectivity index (χ2v) is 4.89. The molecule has 4 N–H and O–H groups in total. The maximum atomic E-state index is 11.9. The SMILES string of the molecule is Cc1cc(C)n(-c2ccccc2NC(=O)CNC(=O)CN)n1. The van der Waals surface area contributed by atoms with Crippen molar-refractivity contribution in [1.82, 2.24) is 15.1 Å². The standard InChI is InChI=1S/C15H19N5O2/c1-10-7-11(2)20(19-10)13-6-4-3-5-12(13)18-15(22)9-17-14(21)8-16/h3-7H,8-9,16H2,1-2H3,(H,17,21)(H,18,22). The van der Waals surface area contributed by atoms with E-state index in [2.05, 4.69) is 15.7 Å². The monoisotopic (exact) mass is 301 g/mol. The minimum absolute atomic E-state index is 0.124. The van der Waals surface area contributed by atoms with E-state index >= 15 is 0 Å². The summed E-state index contributed by atoms with van der Waals surface area (Å²) in [5.41, 5.74) is 8.44. The summed E-state index contributed by atoms with van der Waals surface area (Å²) in [5.74, 6) is -0.697. The molecule has 1 aromatic heterocycles. The molecule has 0 aliphatic rings. The van der Waals surface area contributed by atoms with Crippen molar-refractivity contribution in [2.45, 2.75) is 13.8 Å². The van der Waals surface area contributed by atoms with Crippen LogP contribution in [-0.4, -0.2) is 34.7 Å². The normalized spacial score (nSPS) is 10.3. The Labute approximate surface area is 128 Å². The largest absolute Gasteiger partial charge is 0.346 e. The van der Waals surface area contributed by atoms with Gasteiger partial charge in [-0.15, -0.1) is 0 Å². The molecule has 7 heteroatoms. The molecule has 0 aliphatic carbocycles. The van der Waals surface area contributed by atoms with Crippen LogP contribution in [0.25, 0.3) is 5.69 Å². The lowest BCUT2D eigenvalue weighted by Crippen LogP contribution is -2.36. The maximum absolute atomic E-state index is 11.9. The maximum Gasteiger partial charge on any atom is 0.243 e. The molecule has 116 valence electrons. The molecule has 0 atom stereocenters. The molecule has 0 fully saturated rings. The van der Waals surface area contributed by atoms with Crippen LogP contribution >= 0.6 is 0 Å². The number of amides is 2. The number of benzene rings is 1. The van der Waals surface area contributed by atoms with Gasteiger partial charge in [0.15, 0.2) is 0 Å². The number of hydrogen-bond acceptors (Lipinski definition) is 4. The van der Waals surface area contributed by atoms with Gasteiger partial charge >= 0.3 is 0 Å². The van der Waals surface area contributed by atoms with Crippen LogP contribution in [0.5, 0.6) is 0 Å². The highest BCUT2D eigenvalue weighted by molar-refractivity contribution is 5.96. The third kappa shape index (κ3) is 3.70. The molecule has 0 saturated carbocycles. The number of carbonyl (C=O) groups excluding carboxylic acids is 2. The highest BCUT2D eigenvalue weighted by Crippen LogP contribution is 2.21. The summed E-state index contributed by atoms with van der Waals surface area (Å²) in [6.07, 6.45) is 0. The summed E-state index contributed by atoms with van der Waals surface area (Å²) < 4.78 is 1.77. The molecule has 1 aromatic carbocycles. The van der Waals surface area contributed by atoms with Gasteiger partial charge in [-0.2, -0.15) is 5.10 Å². The Morgan fingerprint density at radius 1 is 1.23 bits per heavy atom. The van der Waals surface area contributed by atoms with Gasteiger partial charge in [-0.25, -0.2) is 4.68 Å². The fourth-order valence-electron chi connectivity index (χ4n) is 2.08. The zero-order valence-electron chi connectivity index (χ0n) is 12.6. The van der Waals surface area contributed by atoms with Gasteiger partial charge < -0.3 is 16.4 Å². The Kier molecular flexibility index (Phi) is 4.90. The highest BCUT2D eigenvalue weighted by atomic mass is 16.2. The Morgan fingerprint density at radius 3 is 2.59 bits per heavy atom. The van der Waals surface area contributed by atoms with E-state index < -0.39 is 0 Å². The third-order valence-electron chi connectivity index (χ3n) is 3.05. The molecule has 0 unspecified atom stereocenters. The van der Waals surface area contributed by atoms with Crippen LogP contribution < -0.4 is 16.4 Å². The Bertz CT molecular complexity index is 693. The molecule has 2 rings (SSSR count). The average Bonchev–Trinajstić information content (AvgIpc) is 2.84. The van der Waals surface area contributed by atoms with Crippen molar-refractivity contribution < 1.29 is 9.59 Å². The first-order valence-corrected chi connectivity index (χ1v) is 6.90. The Balaban J connectivity index is 2.17. The van der Waals surface area contributed by atoms with E-state index in [9.17, 15) is 9.59 Å². The van der Waals surface area contributed by atoms with E-state index in [1.54, 1.807) is 10.7 Å². The molecule has 0 aliphatic heterocycles. The molecule has 0 bridgehead atoms. The second-order valence-electron chi connectivity index (χ2n) is 4.89. The van der Waals surface area contributed by atoms with Gasteiger partial charge in [0, 0.05) is 5.69 Å². The molecule has 2 aromatic rings. The van der Waals surface area contributed by atoms with Gasteiger partial charge in [-0.3, -0.25) is 9.59 Å². The van der Waals surface area contributed by atoms with E-state index in [1.807, 2.05) is 38.1 Å². The quantitative estimate of drug-likeness (QED) is 0.748. The van der Waals surface area contributed by atoms with Crippen molar-refractivity contribution in [3.8, 4) is 5.69 Å². The number of aryl methyl sites for hydroxylation is 2. The van der Waals surface area contributed by atoms with Crippen molar-refractivity contribution >= 4 is 17.5 Å². The van der Waals surface area contributed by atoms with Crippen LogP contribution in [0.15, 0.2) is 30.3 Å². The van der Waals surface area contributed by atoms with Crippen molar-refractivity contribution in [2.75, 3.05) is 18.4 Å². The summed E-state index contributed by atoms with van der Waals surface area (Å²) in [4.78, 5) is 23.0. The van der Waals surface area contributed by atoms with E-state index in [-0.39, 0.29) is 24.9 Å². The van der Waals surface area contributed by atoms with Gasteiger partial charge in [0.05, 0.1) is 30.2 Å². The Hall–Kier alpha value is -2.67. The molecule has 1 heterocycles. The molecule has 22 heavy (non-hydrogen) atoms. The number of carbonyl (C=O) groups is 2. The van der Waals surface area contributed by atoms with Crippen LogP contribution in [-0.2, 0) is 9.59 Å². The van der Waals surface area contributed by atoms with Crippen LogP contribution in [0.2, 0.25) is 0 Å². The van der Waals surface area contributed by atoms with Crippen molar-refractivity contribution in [2.24, 2.45) is 5.73 Å². The topological polar surface area (TPSA) is 102 Å². The van der Waals surface area contributed by atoms with Gasteiger partial charge in [-0.1, -0.05) is 12.1 Å². The number of nitrogens with one attached hydrogen (secondary N) is 2. The summed E-state index contributed by atoms with van der Waals surface area (Å²) >= 11 is 0. The highest BCUT2D eigenvalue weighted by Gasteiger charge is 2.11. The molecule has 0 saturated heterocycles. The number of anilines is 1. The number of para-hydroxylation sites is 2. The first-order valence-electron chi connectivity index (χ1n) is 6.90. The lowest BCUT2D eigenvalue weighted by Gasteiger charge is -2.12. The average molecular weight is 301 g/mol. The summed E-state index contributed by atoms with van der Waals surface area (Å²) in [7, 11) is 0. The molecule has 7 nitrogen and oxygen atoms in total. The van der Waals surface area contributed by atoms with Gasteiger partial charge in [0.1, 0.15) is 0 Å². The number of aromatic nitrogens is 2. The molecular formula is C15H19N5O2. The van der Waals surface area contributed by atoms with E-state index in [0.29, 0.717) is 5.69 Å². The smallest absolute Gasteiger partial charge is 0.243 e. The molecule has 2 amide bonds. The minimum Gasteiger partial charge on any atom is -0.346 e. The molecule has 0 spiro atoms. The third-order valence-corrected chi connectivity index (χ3v) is 3.05. The zero-order valence-corrected chi connectivity index (χ0v) is 12.6. The lowest BCUT2D eigenvalue weighted by atomic mass is 10.2. The molecule has 0 radical (unpaired) electrons. The van der Waals surface area contributed by atoms with Crippen molar-refractivity contribution in [3.63, 3.8) is 0 Å². The second kappa shape index (κ2) is 6.86. The fraction of sp³-hybridized carbons (Fsp3) is 0.267. The van der Waals surface area contributed by atoms with Gasteiger partial charge in [0.2, 0.25) is 11.8 Å². The first kappa shape index (κ1) is 15.7. The van der Waals surface area contributed by atoms with E-state index in [0.717, 1.165) is 17.1 Å². The zero-order chi connectivity index (χ0) is 16.1. The molecular weight excluding hydrogens is 282 g/mol. The van der Waals surface area contributed by atoms with Crippen LogP contribution in [0.1, 0.15) is 11.4 Å². The van der Waals surface area contributed by atoms with Crippen LogP contribution in [0, 0.1) is 13.8 Å². The van der Waals surface area contributed by atoms with Crippen molar-refractivity contribution in [3.05, 3.63) is 41.7 Å². The van der Waals surface area contributed by atoms with Gasteiger partial charge in [-0.05, 0) is 32.0 Å². The van der Waals surface area contributed by atoms with Gasteiger partial charge in [0.25, 0.3) is 0 Å². The fourth-order valence-corrected chi connectivity index (χ4v) is 2.08. The number of hydrogen-bond donors (Lipinski definition) is 3. The summed E-state index contributed by atoms with van der Waals surface area (Å²) in [5, 5.41) is 9.61. The minimum atomic E-state index is -0.373. The first-order chi connectivity index (χ1) is 10.5. The summed E-state index contributed by atoms with van der Waals surface area (Å²) in [6.45, 7) is 3.59. The Morgan fingerprint density at radius 2 is 1.95 bits per heavy atom. The van der Waals surface area contributed by atoms with Crippen molar-refractivity contribution in [1.29, 1.82) is 0 Å². The van der Waals surface area contributed by atoms with E-state index in [4.69, 9.17) is 5.73 Å². The lowest BCUT2D eigenvalue weighted by molar-refractivity contribution is -0.123. The predicted molar refractivity (Wildman–Crippen MR) is 83.7 cm³/mol. The van der Waals surface area contributed by atoms with Crippen LogP contribution in [0.4, 0.5) is 5.69 Å². The van der Waals surface area contributed by atoms with Crippen LogP contribution in [0.3, 0.4) is 0 Å². The van der Waals surface area contributed by atoms with E-state index in [1.165, 1.54) is 0 Å². The summed E-state index contributed by atoms with van der Waals surface area (Å²) in [6, 6.07) is 9.31.